The number of amides is 1. The van der Waals surface area contributed by atoms with Crippen molar-refractivity contribution in [3.05, 3.63) is 34.6 Å². The molecule has 4 nitrogen and oxygen atoms in total. The average Bonchev–Trinajstić information content (AvgIpc) is 2.29. The fraction of sp³-hybridized carbons (Fsp3) is 0.429. The standard InChI is InChI=1S/C14H17ClFNO3/c1-14(2,3)12(13(19)20)17-11(18)7-8-9(15)5-4-6-10(8)16/h4-6,12H,7H2,1-3H3,(H,17,18)(H,19,20). The molecule has 2 N–H and O–H groups in total. The predicted molar refractivity (Wildman–Crippen MR) is 74.1 cm³/mol. The zero-order valence-corrected chi connectivity index (χ0v) is 12.3. The summed E-state index contributed by atoms with van der Waals surface area (Å²) in [6.07, 6.45) is -0.300. The van der Waals surface area contributed by atoms with Gasteiger partial charge in [-0.25, -0.2) is 9.18 Å². The molecule has 0 saturated heterocycles. The maximum absolute atomic E-state index is 13.6. The van der Waals surface area contributed by atoms with Crippen molar-refractivity contribution in [3.8, 4) is 0 Å². The first-order chi connectivity index (χ1) is 9.12. The molecule has 1 rings (SSSR count). The molecule has 0 spiro atoms. The second kappa shape index (κ2) is 6.22. The number of carboxylic acids is 1. The lowest BCUT2D eigenvalue weighted by Crippen LogP contribution is -2.49. The van der Waals surface area contributed by atoms with Crippen molar-refractivity contribution >= 4 is 23.5 Å². The molecule has 0 fully saturated rings. The zero-order valence-electron chi connectivity index (χ0n) is 11.5. The fourth-order valence-electron chi connectivity index (χ4n) is 1.72. The number of rotatable bonds is 4. The summed E-state index contributed by atoms with van der Waals surface area (Å²) in [4.78, 5) is 23.0. The molecule has 0 aliphatic rings. The van der Waals surface area contributed by atoms with Crippen LogP contribution in [0.4, 0.5) is 4.39 Å². The van der Waals surface area contributed by atoms with Crippen LogP contribution in [0.15, 0.2) is 18.2 Å². The summed E-state index contributed by atoms with van der Waals surface area (Å²) in [5, 5.41) is 11.7. The van der Waals surface area contributed by atoms with E-state index < -0.39 is 29.2 Å². The van der Waals surface area contributed by atoms with Gasteiger partial charge in [0.15, 0.2) is 0 Å². The minimum atomic E-state index is -1.13. The molecule has 6 heteroatoms. The third kappa shape index (κ3) is 4.20. The normalized spacial score (nSPS) is 12.8. The van der Waals surface area contributed by atoms with Crippen molar-refractivity contribution in [3.63, 3.8) is 0 Å². The van der Waals surface area contributed by atoms with Gasteiger partial charge in [-0.05, 0) is 17.5 Å². The Morgan fingerprint density at radius 3 is 2.45 bits per heavy atom. The zero-order chi connectivity index (χ0) is 15.5. The number of hydrogen-bond acceptors (Lipinski definition) is 2. The van der Waals surface area contributed by atoms with Gasteiger partial charge in [0.25, 0.3) is 0 Å². The lowest BCUT2D eigenvalue weighted by atomic mass is 9.86. The van der Waals surface area contributed by atoms with Gasteiger partial charge in [0, 0.05) is 10.6 Å². The maximum Gasteiger partial charge on any atom is 0.326 e. The van der Waals surface area contributed by atoms with Crippen LogP contribution < -0.4 is 5.32 Å². The van der Waals surface area contributed by atoms with Crippen LogP contribution in [0.5, 0.6) is 0 Å². The van der Waals surface area contributed by atoms with Crippen LogP contribution in [0.3, 0.4) is 0 Å². The molecule has 0 aliphatic carbocycles. The number of hydrogen-bond donors (Lipinski definition) is 2. The Bertz CT molecular complexity index is 505. The van der Waals surface area contributed by atoms with Gasteiger partial charge in [-0.1, -0.05) is 38.4 Å². The second-order valence-electron chi connectivity index (χ2n) is 5.58. The lowest BCUT2D eigenvalue weighted by molar-refractivity contribution is -0.144. The predicted octanol–water partition coefficient (Wildman–Crippen LogP) is 2.64. The monoisotopic (exact) mass is 301 g/mol. The topological polar surface area (TPSA) is 66.4 Å². The average molecular weight is 302 g/mol. The number of nitrogens with one attached hydrogen (secondary N) is 1. The SMILES string of the molecule is CC(C)(C)C(NC(=O)Cc1c(F)cccc1Cl)C(=O)O. The second-order valence-corrected chi connectivity index (χ2v) is 5.99. The molecule has 110 valence electrons. The van der Waals surface area contributed by atoms with E-state index in [0.717, 1.165) is 0 Å². The number of carbonyl (C=O) groups excluding carboxylic acids is 1. The Labute approximate surface area is 121 Å². The quantitative estimate of drug-likeness (QED) is 0.898. The largest absolute Gasteiger partial charge is 0.480 e. The molecular formula is C14H17ClFNO3. The van der Waals surface area contributed by atoms with Gasteiger partial charge in [-0.15, -0.1) is 0 Å². The van der Waals surface area contributed by atoms with E-state index in [1.54, 1.807) is 20.8 Å². The van der Waals surface area contributed by atoms with Crippen LogP contribution in [-0.2, 0) is 16.0 Å². The Balaban J connectivity index is 2.84. The highest BCUT2D eigenvalue weighted by atomic mass is 35.5. The minimum absolute atomic E-state index is 0.0599. The Morgan fingerprint density at radius 2 is 2.00 bits per heavy atom. The van der Waals surface area contributed by atoms with Gasteiger partial charge in [0.1, 0.15) is 11.9 Å². The number of carboxylic acid groups (broad SMARTS) is 1. The van der Waals surface area contributed by atoms with Crippen molar-refractivity contribution < 1.29 is 19.1 Å². The molecule has 1 aromatic rings. The van der Waals surface area contributed by atoms with Gasteiger partial charge < -0.3 is 10.4 Å². The number of halogens is 2. The van der Waals surface area contributed by atoms with Crippen molar-refractivity contribution in [2.45, 2.75) is 33.2 Å². The first-order valence-corrected chi connectivity index (χ1v) is 6.45. The van der Waals surface area contributed by atoms with Crippen LogP contribution in [0.1, 0.15) is 26.3 Å². The summed E-state index contributed by atoms with van der Waals surface area (Å²) in [7, 11) is 0. The van der Waals surface area contributed by atoms with Crippen molar-refractivity contribution in [2.24, 2.45) is 5.41 Å². The summed E-state index contributed by atoms with van der Waals surface area (Å²) in [5.41, 5.74) is -0.592. The number of aliphatic carboxylic acids is 1. The number of benzene rings is 1. The van der Waals surface area contributed by atoms with E-state index >= 15 is 0 Å². The molecule has 0 saturated carbocycles. The summed E-state index contributed by atoms with van der Waals surface area (Å²) in [6.45, 7) is 5.09. The van der Waals surface area contributed by atoms with E-state index in [4.69, 9.17) is 16.7 Å². The minimum Gasteiger partial charge on any atom is -0.480 e. The lowest BCUT2D eigenvalue weighted by Gasteiger charge is -2.27. The van der Waals surface area contributed by atoms with Crippen LogP contribution in [-0.4, -0.2) is 23.0 Å². The van der Waals surface area contributed by atoms with Crippen molar-refractivity contribution in [1.82, 2.24) is 5.32 Å². The van der Waals surface area contributed by atoms with E-state index in [1.807, 2.05) is 0 Å². The van der Waals surface area contributed by atoms with Crippen LogP contribution in [0.25, 0.3) is 0 Å². The van der Waals surface area contributed by atoms with Crippen molar-refractivity contribution in [1.29, 1.82) is 0 Å². The van der Waals surface area contributed by atoms with Crippen LogP contribution >= 0.6 is 11.6 Å². The molecule has 0 radical (unpaired) electrons. The van der Waals surface area contributed by atoms with Gasteiger partial charge in [0.05, 0.1) is 6.42 Å². The van der Waals surface area contributed by atoms with Crippen LogP contribution in [0, 0.1) is 11.2 Å². The summed E-state index contributed by atoms with van der Waals surface area (Å²) in [6, 6.07) is 3.06. The molecular weight excluding hydrogens is 285 g/mol. The molecule has 0 heterocycles. The van der Waals surface area contributed by atoms with Gasteiger partial charge in [-0.3, -0.25) is 4.79 Å². The first-order valence-electron chi connectivity index (χ1n) is 6.08. The molecule has 0 aromatic heterocycles. The summed E-state index contributed by atoms with van der Waals surface area (Å²) >= 11 is 5.83. The van der Waals surface area contributed by atoms with Gasteiger partial charge >= 0.3 is 5.97 Å². The molecule has 1 aromatic carbocycles. The highest BCUT2D eigenvalue weighted by Crippen LogP contribution is 2.21. The number of carbonyl (C=O) groups is 2. The third-order valence-electron chi connectivity index (χ3n) is 2.82. The highest BCUT2D eigenvalue weighted by Gasteiger charge is 2.32. The molecule has 20 heavy (non-hydrogen) atoms. The van der Waals surface area contributed by atoms with E-state index in [-0.39, 0.29) is 17.0 Å². The molecule has 1 atom stereocenters. The third-order valence-corrected chi connectivity index (χ3v) is 3.17. The Morgan fingerprint density at radius 1 is 1.40 bits per heavy atom. The Kier molecular flexibility index (Phi) is 5.11. The fourth-order valence-corrected chi connectivity index (χ4v) is 1.95. The molecule has 0 aliphatic heterocycles. The molecule has 1 unspecified atom stereocenters. The highest BCUT2D eigenvalue weighted by molar-refractivity contribution is 6.31. The van der Waals surface area contributed by atoms with Gasteiger partial charge in [-0.2, -0.15) is 0 Å². The Hall–Kier alpha value is -1.62. The first kappa shape index (κ1) is 16.4. The van der Waals surface area contributed by atoms with E-state index in [1.165, 1.54) is 18.2 Å². The molecule has 0 bridgehead atoms. The van der Waals surface area contributed by atoms with Gasteiger partial charge in [0.2, 0.25) is 5.91 Å². The summed E-state index contributed by atoms with van der Waals surface area (Å²) < 4.78 is 13.6. The van der Waals surface area contributed by atoms with Crippen molar-refractivity contribution in [2.75, 3.05) is 0 Å². The van der Waals surface area contributed by atoms with E-state index in [9.17, 15) is 14.0 Å². The summed E-state index contributed by atoms with van der Waals surface area (Å²) in [5.74, 6) is -2.31. The maximum atomic E-state index is 13.6. The van der Waals surface area contributed by atoms with E-state index in [2.05, 4.69) is 5.32 Å². The molecule has 1 amide bonds. The van der Waals surface area contributed by atoms with Crippen LogP contribution in [0.2, 0.25) is 5.02 Å². The van der Waals surface area contributed by atoms with E-state index in [0.29, 0.717) is 0 Å². The smallest absolute Gasteiger partial charge is 0.326 e.